The van der Waals surface area contributed by atoms with Crippen LogP contribution >= 0.6 is 0 Å². The molecule has 0 aliphatic carbocycles. The summed E-state index contributed by atoms with van der Waals surface area (Å²) in [6, 6.07) is 0. The molecule has 2 aromatic rings. The van der Waals surface area contributed by atoms with Crippen LogP contribution in [-0.2, 0) is 22.1 Å². The van der Waals surface area contributed by atoms with E-state index in [-0.39, 0.29) is 6.10 Å². The number of nitrogens with zero attached hydrogens (tertiary/aromatic N) is 3. The number of aryl methyl sites for hydroxylation is 3. The van der Waals surface area contributed by atoms with Crippen molar-refractivity contribution in [2.45, 2.75) is 52.7 Å². The average molecular weight is 353 g/mol. The highest BCUT2D eigenvalue weighted by Crippen LogP contribution is 2.29. The van der Waals surface area contributed by atoms with E-state index in [1.165, 1.54) is 0 Å². The third-order valence-corrected chi connectivity index (χ3v) is 5.32. The van der Waals surface area contributed by atoms with Gasteiger partial charge in [-0.15, -0.1) is 0 Å². The van der Waals surface area contributed by atoms with Crippen LogP contribution in [0.5, 0.6) is 0 Å². The van der Waals surface area contributed by atoms with Gasteiger partial charge in [-0.3, -0.25) is 4.21 Å². The van der Waals surface area contributed by atoms with E-state index in [0.29, 0.717) is 5.82 Å². The highest BCUT2D eigenvalue weighted by Gasteiger charge is 2.20. The molecule has 2 heterocycles. The maximum Gasteiger partial charge on any atom is 0.151 e. The molecule has 0 aliphatic rings. The van der Waals surface area contributed by atoms with Gasteiger partial charge < -0.3 is 15.0 Å². The third-order valence-electron chi connectivity index (χ3n) is 4.46. The SMILES string of the molecule is COC(C)c1nc2c(N)nc(C)c(C)c2n1CCCCCS(C)=O. The Balaban J connectivity index is 2.35. The summed E-state index contributed by atoms with van der Waals surface area (Å²) in [7, 11) is 0.970. The molecule has 6 nitrogen and oxygen atoms in total. The number of rotatable bonds is 8. The fraction of sp³-hybridized carbons (Fsp3) is 0.647. The Bertz CT molecular complexity index is 742. The number of nitrogens with two attached hydrogens (primary N) is 1. The molecule has 7 heteroatoms. The van der Waals surface area contributed by atoms with E-state index in [9.17, 15) is 4.21 Å². The fourth-order valence-corrected chi connectivity index (χ4v) is 3.52. The molecular weight excluding hydrogens is 324 g/mol. The summed E-state index contributed by atoms with van der Waals surface area (Å²) in [5.41, 5.74) is 9.94. The molecule has 2 N–H and O–H groups in total. The van der Waals surface area contributed by atoms with Crippen molar-refractivity contribution in [1.82, 2.24) is 14.5 Å². The molecule has 0 aliphatic heterocycles. The highest BCUT2D eigenvalue weighted by atomic mass is 32.2. The van der Waals surface area contributed by atoms with Gasteiger partial charge in [-0.25, -0.2) is 9.97 Å². The lowest BCUT2D eigenvalue weighted by molar-refractivity contribution is 0.109. The van der Waals surface area contributed by atoms with Crippen molar-refractivity contribution < 1.29 is 8.95 Å². The Morgan fingerprint density at radius 3 is 2.58 bits per heavy atom. The van der Waals surface area contributed by atoms with Gasteiger partial charge in [0.2, 0.25) is 0 Å². The van der Waals surface area contributed by atoms with E-state index < -0.39 is 10.8 Å². The van der Waals surface area contributed by atoms with Gasteiger partial charge in [0.15, 0.2) is 5.82 Å². The lowest BCUT2D eigenvalue weighted by Gasteiger charge is -2.14. The standard InChI is InChI=1S/C17H28N4O2S/c1-11-12(2)19-16(18)14-15(11)21(17(20-14)13(3)23-4)9-7-6-8-10-24(5)22/h13H,6-10H2,1-5H3,(H2,18,19). The number of imidazole rings is 1. The Kier molecular flexibility index (Phi) is 6.34. The Labute approximate surface area is 146 Å². The second-order valence-corrected chi connectivity index (χ2v) is 7.80. The quantitative estimate of drug-likeness (QED) is 0.739. The fourth-order valence-electron chi connectivity index (χ4n) is 2.91. The molecule has 0 saturated carbocycles. The van der Waals surface area contributed by atoms with Gasteiger partial charge in [-0.1, -0.05) is 6.42 Å². The second-order valence-electron chi connectivity index (χ2n) is 6.24. The zero-order chi connectivity index (χ0) is 17.9. The zero-order valence-electron chi connectivity index (χ0n) is 15.3. The summed E-state index contributed by atoms with van der Waals surface area (Å²) in [5.74, 6) is 2.12. The van der Waals surface area contributed by atoms with Gasteiger partial charge in [0.1, 0.15) is 17.4 Å². The molecule has 0 saturated heterocycles. The predicted molar refractivity (Wildman–Crippen MR) is 99.6 cm³/mol. The number of methoxy groups -OCH3 is 1. The van der Waals surface area contributed by atoms with Crippen molar-refractivity contribution in [2.75, 3.05) is 24.9 Å². The molecule has 0 fully saturated rings. The van der Waals surface area contributed by atoms with Crippen LogP contribution in [0.15, 0.2) is 0 Å². The van der Waals surface area contributed by atoms with Crippen LogP contribution in [0.25, 0.3) is 11.0 Å². The smallest absolute Gasteiger partial charge is 0.151 e. The molecular formula is C17H28N4O2S. The number of pyridine rings is 1. The minimum atomic E-state index is -0.715. The Morgan fingerprint density at radius 1 is 1.25 bits per heavy atom. The van der Waals surface area contributed by atoms with Crippen LogP contribution < -0.4 is 5.73 Å². The summed E-state index contributed by atoms with van der Waals surface area (Å²) in [5, 5.41) is 0. The second kappa shape index (κ2) is 8.07. The normalized spacial score (nSPS) is 14.2. The summed E-state index contributed by atoms with van der Waals surface area (Å²) in [6.07, 6.45) is 4.67. The molecule has 134 valence electrons. The predicted octanol–water partition coefficient (Wildman–Crippen LogP) is 2.89. The number of fused-ring (bicyclic) bond motifs is 1. The van der Waals surface area contributed by atoms with Crippen molar-refractivity contribution in [3.63, 3.8) is 0 Å². The van der Waals surface area contributed by atoms with Crippen molar-refractivity contribution in [1.29, 1.82) is 0 Å². The lowest BCUT2D eigenvalue weighted by Crippen LogP contribution is -2.10. The van der Waals surface area contributed by atoms with E-state index in [1.807, 2.05) is 13.8 Å². The van der Waals surface area contributed by atoms with Crippen molar-refractivity contribution in [3.8, 4) is 0 Å². The van der Waals surface area contributed by atoms with Gasteiger partial charge in [0, 0.05) is 42.2 Å². The summed E-state index contributed by atoms with van der Waals surface area (Å²) < 4.78 is 18.9. The molecule has 0 amide bonds. The number of ether oxygens (including phenoxy) is 1. The lowest BCUT2D eigenvalue weighted by atomic mass is 10.2. The van der Waals surface area contributed by atoms with Crippen LogP contribution in [0.1, 0.15) is 49.4 Å². The van der Waals surface area contributed by atoms with E-state index in [2.05, 4.69) is 16.5 Å². The maximum atomic E-state index is 11.2. The molecule has 0 spiro atoms. The molecule has 2 rings (SSSR count). The molecule has 2 aromatic heterocycles. The van der Waals surface area contributed by atoms with Gasteiger partial charge in [0.05, 0.1) is 5.52 Å². The number of aromatic nitrogens is 3. The maximum absolute atomic E-state index is 11.2. The first-order valence-corrected chi connectivity index (χ1v) is 10.0. The van der Waals surface area contributed by atoms with Crippen LogP contribution in [-0.4, -0.2) is 37.9 Å². The van der Waals surface area contributed by atoms with Gasteiger partial charge >= 0.3 is 0 Å². The first-order chi connectivity index (χ1) is 11.4. The first kappa shape index (κ1) is 18.9. The van der Waals surface area contributed by atoms with E-state index >= 15 is 0 Å². The van der Waals surface area contributed by atoms with Gasteiger partial charge in [-0.2, -0.15) is 0 Å². The minimum Gasteiger partial charge on any atom is -0.382 e. The summed E-state index contributed by atoms with van der Waals surface area (Å²) in [6.45, 7) is 6.87. The Hall–Kier alpha value is -1.47. The zero-order valence-corrected chi connectivity index (χ0v) is 16.1. The van der Waals surface area contributed by atoms with Gasteiger partial charge in [0.25, 0.3) is 0 Å². The molecule has 0 radical (unpaired) electrons. The average Bonchev–Trinajstić information content (AvgIpc) is 2.91. The molecule has 24 heavy (non-hydrogen) atoms. The van der Waals surface area contributed by atoms with Gasteiger partial charge in [-0.05, 0) is 39.2 Å². The monoisotopic (exact) mass is 352 g/mol. The van der Waals surface area contributed by atoms with Crippen molar-refractivity contribution in [3.05, 3.63) is 17.1 Å². The topological polar surface area (TPSA) is 83.0 Å². The summed E-state index contributed by atoms with van der Waals surface area (Å²) >= 11 is 0. The number of hydrogen-bond donors (Lipinski definition) is 1. The van der Waals surface area contributed by atoms with E-state index in [0.717, 1.165) is 59.7 Å². The van der Waals surface area contributed by atoms with Crippen LogP contribution in [0.2, 0.25) is 0 Å². The molecule has 0 bridgehead atoms. The van der Waals surface area contributed by atoms with Crippen molar-refractivity contribution >= 4 is 27.7 Å². The first-order valence-electron chi connectivity index (χ1n) is 8.32. The molecule has 2 atom stereocenters. The largest absolute Gasteiger partial charge is 0.382 e. The third kappa shape index (κ3) is 3.95. The van der Waals surface area contributed by atoms with Crippen LogP contribution in [0.3, 0.4) is 0 Å². The van der Waals surface area contributed by atoms with Crippen LogP contribution in [0.4, 0.5) is 5.82 Å². The minimum absolute atomic E-state index is 0.111. The number of unbranched alkanes of at least 4 members (excludes halogenated alkanes) is 2. The number of anilines is 1. The molecule has 0 aromatic carbocycles. The van der Waals surface area contributed by atoms with Crippen molar-refractivity contribution in [2.24, 2.45) is 0 Å². The summed E-state index contributed by atoms with van der Waals surface area (Å²) in [4.78, 5) is 9.11. The van der Waals surface area contributed by atoms with E-state index in [1.54, 1.807) is 13.4 Å². The highest BCUT2D eigenvalue weighted by molar-refractivity contribution is 7.84. The number of nitrogen functional groups attached to an aromatic ring is 1. The number of hydrogen-bond acceptors (Lipinski definition) is 5. The van der Waals surface area contributed by atoms with E-state index in [4.69, 9.17) is 15.5 Å². The Morgan fingerprint density at radius 2 is 1.96 bits per heavy atom. The van der Waals surface area contributed by atoms with Crippen LogP contribution in [0, 0.1) is 13.8 Å². The molecule has 2 unspecified atom stereocenters.